The number of hydrogen-bond donors (Lipinski definition) is 7. The molecule has 0 aliphatic carbocycles. The zero-order chi connectivity index (χ0) is 44.6. The van der Waals surface area contributed by atoms with Crippen molar-refractivity contribution in [3.63, 3.8) is 0 Å². The summed E-state index contributed by atoms with van der Waals surface area (Å²) in [5.41, 5.74) is 0. The van der Waals surface area contributed by atoms with Crippen LogP contribution in [0.2, 0.25) is 0 Å². The van der Waals surface area contributed by atoms with Gasteiger partial charge in [0.2, 0.25) is 5.91 Å². The van der Waals surface area contributed by atoms with Crippen LogP contribution in [0.5, 0.6) is 0 Å². The molecule has 0 bridgehead atoms. The quantitative estimate of drug-likeness (QED) is 0.0178. The van der Waals surface area contributed by atoms with Crippen LogP contribution < -0.4 is 5.32 Å². The molecule has 0 spiro atoms. The molecule has 1 rings (SSSR count). The second-order valence-corrected chi connectivity index (χ2v) is 18.4. The first kappa shape index (κ1) is 57.7. The van der Waals surface area contributed by atoms with Crippen molar-refractivity contribution in [3.05, 3.63) is 0 Å². The first-order chi connectivity index (χ1) is 29.8. The number of nitrogens with zero attached hydrogens (tertiary/aromatic N) is 1. The minimum absolute atomic E-state index is 0.274. The number of amides is 1. The Labute approximate surface area is 373 Å². The zero-order valence-corrected chi connectivity index (χ0v) is 39.4. The second kappa shape index (κ2) is 41.4. The minimum Gasteiger partial charge on any atom is -0.394 e. The van der Waals surface area contributed by atoms with E-state index in [2.05, 4.69) is 24.3 Å². The first-order valence-electron chi connectivity index (χ1n) is 25.9. The van der Waals surface area contributed by atoms with Gasteiger partial charge in [0.25, 0.3) is 6.29 Å². The van der Waals surface area contributed by atoms with E-state index >= 15 is 0 Å². The van der Waals surface area contributed by atoms with Gasteiger partial charge in [-0.05, 0) is 12.8 Å². The molecule has 7 N–H and O–H groups in total. The van der Waals surface area contributed by atoms with Crippen molar-refractivity contribution >= 4 is 12.1 Å². The van der Waals surface area contributed by atoms with Crippen LogP contribution in [0, 0.1) is 0 Å². The van der Waals surface area contributed by atoms with Gasteiger partial charge >= 0.3 is 0 Å². The number of carbonyl (C=O) groups excluding carboxylic acids is 1. The van der Waals surface area contributed by atoms with Gasteiger partial charge < -0.3 is 45.5 Å². The summed E-state index contributed by atoms with van der Waals surface area (Å²) in [4.78, 5) is 18.2. The van der Waals surface area contributed by atoms with Crippen molar-refractivity contribution in [3.8, 4) is 0 Å². The van der Waals surface area contributed by atoms with E-state index in [0.717, 1.165) is 51.2 Å². The van der Waals surface area contributed by atoms with Crippen LogP contribution in [0.3, 0.4) is 0 Å². The lowest BCUT2D eigenvalue weighted by molar-refractivity contribution is -0.301. The highest BCUT2D eigenvalue weighted by Gasteiger charge is 2.45. The molecule has 1 aliphatic rings. The van der Waals surface area contributed by atoms with Crippen LogP contribution in [0.4, 0.5) is 0 Å². The Balaban J connectivity index is 2.30. The topological polar surface area (TPSA) is 181 Å². The third-order valence-electron chi connectivity index (χ3n) is 12.7. The predicted molar refractivity (Wildman–Crippen MR) is 249 cm³/mol. The highest BCUT2D eigenvalue weighted by molar-refractivity contribution is 5.80. The molecule has 1 fully saturated rings. The summed E-state index contributed by atoms with van der Waals surface area (Å²) < 4.78 is 5.34. The average molecular weight is 871 g/mol. The van der Waals surface area contributed by atoms with Crippen molar-refractivity contribution in [2.24, 2.45) is 5.16 Å². The van der Waals surface area contributed by atoms with Crippen molar-refractivity contribution in [1.82, 2.24) is 5.32 Å². The third-order valence-corrected chi connectivity index (χ3v) is 12.7. The molecule has 1 aliphatic heterocycles. The van der Waals surface area contributed by atoms with Crippen LogP contribution in [-0.2, 0) is 14.4 Å². The zero-order valence-electron chi connectivity index (χ0n) is 39.4. The number of aliphatic hydroxyl groups is 6. The standard InChI is InChI=1S/C50H98N2O9/c1-3-5-7-9-11-13-15-17-18-19-20-21-22-23-24-25-26-27-29-31-33-35-37-39-45(55)52-42(40-51-61-50-49(59)48(58)47(57)44(41-53)60-50)46(56)43(54)38-36-34-32-30-28-16-14-12-10-8-6-4-2/h40,42-44,46-50,53-54,56-59H,3-39,41H2,1-2H3,(H,52,55)/b51-40+/t42-,43+,44+,46-,47-,48-,49+,50+/m0/s1. The van der Waals surface area contributed by atoms with Gasteiger partial charge in [-0.1, -0.05) is 237 Å². The van der Waals surface area contributed by atoms with Crippen LogP contribution in [0.15, 0.2) is 5.16 Å². The number of aliphatic hydroxyl groups excluding tert-OH is 6. The number of hydrogen-bond acceptors (Lipinski definition) is 10. The van der Waals surface area contributed by atoms with Crippen molar-refractivity contribution in [2.75, 3.05) is 6.61 Å². The van der Waals surface area contributed by atoms with Gasteiger partial charge in [0, 0.05) is 6.42 Å². The molecular weight excluding hydrogens is 773 g/mol. The van der Waals surface area contributed by atoms with Crippen molar-refractivity contribution < 1.29 is 45.0 Å². The lowest BCUT2D eigenvalue weighted by Gasteiger charge is -2.38. The Bertz CT molecular complexity index is 989. The molecule has 11 heteroatoms. The molecule has 0 aromatic carbocycles. The predicted octanol–water partition coefficient (Wildman–Crippen LogP) is 10.5. The number of oxime groups is 1. The molecule has 0 saturated carbocycles. The Kier molecular flexibility index (Phi) is 39.1. The van der Waals surface area contributed by atoms with Crippen LogP contribution in [0.25, 0.3) is 0 Å². The maximum absolute atomic E-state index is 13.0. The lowest BCUT2D eigenvalue weighted by atomic mass is 9.99. The second-order valence-electron chi connectivity index (χ2n) is 18.4. The maximum atomic E-state index is 13.0. The molecule has 0 unspecified atom stereocenters. The largest absolute Gasteiger partial charge is 0.394 e. The van der Waals surface area contributed by atoms with E-state index in [1.165, 1.54) is 173 Å². The molecule has 0 radical (unpaired) electrons. The lowest BCUT2D eigenvalue weighted by Crippen LogP contribution is -2.58. The summed E-state index contributed by atoms with van der Waals surface area (Å²) in [6.45, 7) is 3.90. The fourth-order valence-corrected chi connectivity index (χ4v) is 8.46. The number of unbranched alkanes of at least 4 members (excludes halogenated alkanes) is 33. The number of ether oxygens (including phenoxy) is 1. The number of rotatable bonds is 44. The number of nitrogens with one attached hydrogen (secondary N) is 1. The van der Waals surface area contributed by atoms with E-state index in [1.807, 2.05) is 0 Å². The Morgan fingerprint density at radius 3 is 1.30 bits per heavy atom. The van der Waals surface area contributed by atoms with E-state index in [4.69, 9.17) is 9.57 Å². The van der Waals surface area contributed by atoms with Gasteiger partial charge in [-0.2, -0.15) is 0 Å². The summed E-state index contributed by atoms with van der Waals surface area (Å²) in [6.07, 6.45) is 36.2. The van der Waals surface area contributed by atoms with Crippen molar-refractivity contribution in [1.29, 1.82) is 0 Å². The van der Waals surface area contributed by atoms with E-state index in [-0.39, 0.29) is 12.3 Å². The van der Waals surface area contributed by atoms with Crippen LogP contribution in [-0.4, -0.2) is 98.3 Å². The molecule has 0 aromatic heterocycles. The summed E-state index contributed by atoms with van der Waals surface area (Å²) in [6, 6.07) is -1.07. The summed E-state index contributed by atoms with van der Waals surface area (Å²) in [5.74, 6) is -0.274. The van der Waals surface area contributed by atoms with E-state index in [1.54, 1.807) is 0 Å². The van der Waals surface area contributed by atoms with E-state index < -0.39 is 55.6 Å². The molecule has 362 valence electrons. The summed E-state index contributed by atoms with van der Waals surface area (Å²) in [5, 5.41) is 68.5. The van der Waals surface area contributed by atoms with Crippen LogP contribution >= 0.6 is 0 Å². The van der Waals surface area contributed by atoms with E-state index in [0.29, 0.717) is 12.8 Å². The smallest absolute Gasteiger partial charge is 0.256 e. The third kappa shape index (κ3) is 31.2. The molecule has 11 nitrogen and oxygen atoms in total. The number of carbonyl (C=O) groups is 1. The molecular formula is C50H98N2O9. The Morgan fingerprint density at radius 1 is 0.557 bits per heavy atom. The summed E-state index contributed by atoms with van der Waals surface area (Å²) >= 11 is 0. The minimum atomic E-state index is -1.65. The molecule has 0 aromatic rings. The van der Waals surface area contributed by atoms with Gasteiger partial charge in [0.1, 0.15) is 30.5 Å². The maximum Gasteiger partial charge on any atom is 0.256 e. The van der Waals surface area contributed by atoms with Gasteiger partial charge in [-0.25, -0.2) is 0 Å². The fourth-order valence-electron chi connectivity index (χ4n) is 8.46. The Morgan fingerprint density at radius 2 is 0.918 bits per heavy atom. The van der Waals surface area contributed by atoms with Gasteiger partial charge in [0.05, 0.1) is 25.0 Å². The van der Waals surface area contributed by atoms with Gasteiger partial charge in [-0.3, -0.25) is 4.79 Å². The molecule has 1 saturated heterocycles. The molecule has 1 heterocycles. The average Bonchev–Trinajstić information content (AvgIpc) is 3.26. The molecule has 8 atom stereocenters. The molecule has 61 heavy (non-hydrogen) atoms. The Hall–Kier alpha value is -1.34. The highest BCUT2D eigenvalue weighted by Crippen LogP contribution is 2.23. The highest BCUT2D eigenvalue weighted by atomic mass is 16.8. The van der Waals surface area contributed by atoms with E-state index in [9.17, 15) is 35.4 Å². The first-order valence-corrected chi connectivity index (χ1v) is 25.9. The SMILES string of the molecule is CCCCCCCCCCCCCCCCCCCCCCCCCC(=O)N[C@@H](/C=N/O[C@H]1O[C@H](CO)[C@H](O)[C@H](O)[C@H]1O)[C@H](O)[C@H](O)CCCCCCCCCCCCCC. The monoisotopic (exact) mass is 871 g/mol. The normalized spacial score (nSPS) is 20.9. The van der Waals surface area contributed by atoms with Gasteiger partial charge in [0.15, 0.2) is 0 Å². The fraction of sp³-hybridized carbons (Fsp3) is 0.960. The van der Waals surface area contributed by atoms with Crippen LogP contribution in [0.1, 0.15) is 251 Å². The molecule has 1 amide bonds. The summed E-state index contributed by atoms with van der Waals surface area (Å²) in [7, 11) is 0. The van der Waals surface area contributed by atoms with Gasteiger partial charge in [-0.15, -0.1) is 0 Å². The van der Waals surface area contributed by atoms with Crippen molar-refractivity contribution in [2.45, 2.75) is 300 Å².